The molecule has 0 fully saturated rings. The number of hydrogen-bond acceptors (Lipinski definition) is 5. The lowest BCUT2D eigenvalue weighted by atomic mass is 10.1. The van der Waals surface area contributed by atoms with Crippen LogP contribution in [0.4, 0.5) is 5.69 Å². The topological polar surface area (TPSA) is 89.5 Å². The van der Waals surface area contributed by atoms with Crippen LogP contribution in [0, 0.1) is 10.1 Å². The van der Waals surface area contributed by atoms with Gasteiger partial charge >= 0.3 is 0 Å². The van der Waals surface area contributed by atoms with Gasteiger partial charge in [0.1, 0.15) is 6.04 Å². The Hall–Kier alpha value is -2.25. The summed E-state index contributed by atoms with van der Waals surface area (Å²) in [5.74, 6) is -0.219. The highest BCUT2D eigenvalue weighted by atomic mass is 32.1. The first-order valence-corrected chi connectivity index (χ1v) is 7.14. The van der Waals surface area contributed by atoms with Gasteiger partial charge in [0.15, 0.2) is 0 Å². The SMILES string of the molecule is CN(Cc1cccc([N+](=O)[O-])c1)C(=O)C(N)c1cccs1. The van der Waals surface area contributed by atoms with Crippen LogP contribution in [0.2, 0.25) is 0 Å². The zero-order valence-corrected chi connectivity index (χ0v) is 12.2. The van der Waals surface area contributed by atoms with Crippen molar-refractivity contribution in [1.82, 2.24) is 4.90 Å². The highest BCUT2D eigenvalue weighted by molar-refractivity contribution is 7.10. The maximum atomic E-state index is 12.2. The van der Waals surface area contributed by atoms with E-state index in [1.54, 1.807) is 19.2 Å². The molecule has 0 spiro atoms. The Labute approximate surface area is 126 Å². The molecule has 0 aliphatic heterocycles. The van der Waals surface area contributed by atoms with Crippen LogP contribution < -0.4 is 5.73 Å². The second kappa shape index (κ2) is 6.47. The molecule has 0 aliphatic carbocycles. The van der Waals surface area contributed by atoms with Crippen LogP contribution in [-0.4, -0.2) is 22.8 Å². The first-order chi connectivity index (χ1) is 9.99. The van der Waals surface area contributed by atoms with Crippen LogP contribution in [-0.2, 0) is 11.3 Å². The van der Waals surface area contributed by atoms with Crippen molar-refractivity contribution < 1.29 is 9.72 Å². The number of nitro groups is 1. The minimum Gasteiger partial charge on any atom is -0.340 e. The number of carbonyl (C=O) groups excluding carboxylic acids is 1. The third-order valence-corrected chi connectivity index (χ3v) is 3.99. The molecular formula is C14H15N3O3S. The Morgan fingerprint density at radius 3 is 2.81 bits per heavy atom. The van der Waals surface area contributed by atoms with Crippen molar-refractivity contribution in [2.45, 2.75) is 12.6 Å². The summed E-state index contributed by atoms with van der Waals surface area (Å²) in [5.41, 5.74) is 6.63. The molecule has 0 radical (unpaired) electrons. The van der Waals surface area contributed by atoms with E-state index in [1.807, 2.05) is 17.5 Å². The minimum atomic E-state index is -0.700. The highest BCUT2D eigenvalue weighted by Gasteiger charge is 2.21. The predicted octanol–water partition coefficient (Wildman–Crippen LogP) is 2.31. The van der Waals surface area contributed by atoms with E-state index in [-0.39, 0.29) is 18.1 Å². The van der Waals surface area contributed by atoms with Crippen LogP contribution in [0.1, 0.15) is 16.5 Å². The summed E-state index contributed by atoms with van der Waals surface area (Å²) < 4.78 is 0. The van der Waals surface area contributed by atoms with Crippen molar-refractivity contribution in [2.75, 3.05) is 7.05 Å². The van der Waals surface area contributed by atoms with Crippen molar-refractivity contribution in [3.8, 4) is 0 Å². The fourth-order valence-corrected chi connectivity index (χ4v) is 2.67. The Kier molecular flexibility index (Phi) is 4.66. The molecule has 0 bridgehead atoms. The molecule has 1 heterocycles. The molecular weight excluding hydrogens is 290 g/mol. The van der Waals surface area contributed by atoms with Gasteiger partial charge in [-0.25, -0.2) is 0 Å². The molecule has 1 amide bonds. The summed E-state index contributed by atoms with van der Waals surface area (Å²) >= 11 is 1.43. The Morgan fingerprint density at radius 1 is 1.43 bits per heavy atom. The van der Waals surface area contributed by atoms with E-state index >= 15 is 0 Å². The van der Waals surface area contributed by atoms with E-state index in [9.17, 15) is 14.9 Å². The third kappa shape index (κ3) is 3.65. The summed E-state index contributed by atoms with van der Waals surface area (Å²) in [6.07, 6.45) is 0. The van der Waals surface area contributed by atoms with E-state index in [0.29, 0.717) is 5.56 Å². The number of rotatable bonds is 5. The number of non-ortho nitro benzene ring substituents is 1. The lowest BCUT2D eigenvalue weighted by Gasteiger charge is -2.20. The average Bonchev–Trinajstić information content (AvgIpc) is 3.00. The van der Waals surface area contributed by atoms with E-state index in [1.165, 1.54) is 28.4 Å². The van der Waals surface area contributed by atoms with Crippen LogP contribution in [0.25, 0.3) is 0 Å². The van der Waals surface area contributed by atoms with E-state index < -0.39 is 11.0 Å². The molecule has 1 unspecified atom stereocenters. The Morgan fingerprint density at radius 2 is 2.19 bits per heavy atom. The molecule has 1 aromatic carbocycles. The van der Waals surface area contributed by atoms with Gasteiger partial charge in [0, 0.05) is 30.6 Å². The molecule has 1 atom stereocenters. The van der Waals surface area contributed by atoms with E-state index in [2.05, 4.69) is 0 Å². The maximum Gasteiger partial charge on any atom is 0.269 e. The van der Waals surface area contributed by atoms with Gasteiger partial charge in [-0.1, -0.05) is 18.2 Å². The van der Waals surface area contributed by atoms with Gasteiger partial charge in [-0.15, -0.1) is 11.3 Å². The normalized spacial score (nSPS) is 11.9. The summed E-state index contributed by atoms with van der Waals surface area (Å²) in [5, 5.41) is 12.6. The van der Waals surface area contributed by atoms with Crippen LogP contribution in [0.3, 0.4) is 0 Å². The average molecular weight is 305 g/mol. The van der Waals surface area contributed by atoms with Gasteiger partial charge in [-0.05, 0) is 17.0 Å². The number of benzene rings is 1. The van der Waals surface area contributed by atoms with Gasteiger partial charge in [0.2, 0.25) is 5.91 Å². The molecule has 7 heteroatoms. The number of amides is 1. The molecule has 110 valence electrons. The first-order valence-electron chi connectivity index (χ1n) is 6.26. The number of nitro benzene ring substituents is 1. The van der Waals surface area contributed by atoms with Gasteiger partial charge in [0.25, 0.3) is 5.69 Å². The van der Waals surface area contributed by atoms with Crippen molar-refractivity contribution in [3.05, 3.63) is 62.3 Å². The molecule has 6 nitrogen and oxygen atoms in total. The summed E-state index contributed by atoms with van der Waals surface area (Å²) in [7, 11) is 1.63. The first kappa shape index (κ1) is 15.1. The Balaban J connectivity index is 2.07. The lowest BCUT2D eigenvalue weighted by Crippen LogP contribution is -2.35. The standard InChI is InChI=1S/C14H15N3O3S/c1-16(14(18)13(15)12-6-3-7-21-12)9-10-4-2-5-11(8-10)17(19)20/h2-8,13H,9,15H2,1H3. The number of nitrogens with zero attached hydrogens (tertiary/aromatic N) is 2. The zero-order valence-electron chi connectivity index (χ0n) is 11.4. The number of hydrogen-bond donors (Lipinski definition) is 1. The summed E-state index contributed by atoms with van der Waals surface area (Å²) in [4.78, 5) is 24.8. The van der Waals surface area contributed by atoms with Gasteiger partial charge in [-0.3, -0.25) is 14.9 Å². The Bertz CT molecular complexity index is 643. The summed E-state index contributed by atoms with van der Waals surface area (Å²) in [6, 6.07) is 9.18. The van der Waals surface area contributed by atoms with Crippen molar-refractivity contribution in [1.29, 1.82) is 0 Å². The quantitative estimate of drug-likeness (QED) is 0.678. The second-order valence-corrected chi connectivity index (χ2v) is 5.59. The van der Waals surface area contributed by atoms with E-state index in [4.69, 9.17) is 5.73 Å². The minimum absolute atomic E-state index is 0.0101. The lowest BCUT2D eigenvalue weighted by molar-refractivity contribution is -0.384. The van der Waals surface area contributed by atoms with Gasteiger partial charge < -0.3 is 10.6 Å². The summed E-state index contributed by atoms with van der Waals surface area (Å²) in [6.45, 7) is 0.277. The molecule has 2 rings (SSSR count). The predicted molar refractivity (Wildman–Crippen MR) is 80.8 cm³/mol. The molecule has 0 saturated heterocycles. The van der Waals surface area contributed by atoms with Crippen LogP contribution in [0.15, 0.2) is 41.8 Å². The molecule has 1 aromatic heterocycles. The van der Waals surface area contributed by atoms with Crippen LogP contribution >= 0.6 is 11.3 Å². The molecule has 0 aliphatic rings. The monoisotopic (exact) mass is 305 g/mol. The number of likely N-dealkylation sites (N-methyl/N-ethyl adjacent to an activating group) is 1. The number of carbonyl (C=O) groups is 1. The van der Waals surface area contributed by atoms with Crippen molar-refractivity contribution in [3.63, 3.8) is 0 Å². The van der Waals surface area contributed by atoms with E-state index in [0.717, 1.165) is 4.88 Å². The second-order valence-electron chi connectivity index (χ2n) is 4.61. The molecule has 2 N–H and O–H groups in total. The molecule has 21 heavy (non-hydrogen) atoms. The fourth-order valence-electron chi connectivity index (χ4n) is 1.95. The maximum absolute atomic E-state index is 12.2. The number of thiophene rings is 1. The van der Waals surface area contributed by atoms with Crippen LogP contribution in [0.5, 0.6) is 0 Å². The van der Waals surface area contributed by atoms with Crippen molar-refractivity contribution >= 4 is 22.9 Å². The molecule has 0 saturated carbocycles. The van der Waals surface area contributed by atoms with Gasteiger partial charge in [-0.2, -0.15) is 0 Å². The zero-order chi connectivity index (χ0) is 15.4. The third-order valence-electron chi connectivity index (χ3n) is 3.03. The number of nitrogens with two attached hydrogens (primary N) is 1. The largest absolute Gasteiger partial charge is 0.340 e. The molecule has 2 aromatic rings. The smallest absolute Gasteiger partial charge is 0.269 e. The van der Waals surface area contributed by atoms with Crippen molar-refractivity contribution in [2.24, 2.45) is 5.73 Å². The fraction of sp³-hybridized carbons (Fsp3) is 0.214. The highest BCUT2D eigenvalue weighted by Crippen LogP contribution is 2.20. The van der Waals surface area contributed by atoms with Gasteiger partial charge in [0.05, 0.1) is 4.92 Å².